The van der Waals surface area contributed by atoms with Crippen LogP contribution in [0.25, 0.3) is 11.1 Å². The number of esters is 1. The number of anilines is 2. The first-order chi connectivity index (χ1) is 20.5. The van der Waals surface area contributed by atoms with Gasteiger partial charge in [-0.25, -0.2) is 0 Å². The van der Waals surface area contributed by atoms with E-state index in [0.717, 1.165) is 72.2 Å². The predicted molar refractivity (Wildman–Crippen MR) is 152 cm³/mol. The number of rotatable bonds is 3. The molecule has 0 bridgehead atoms. The summed E-state index contributed by atoms with van der Waals surface area (Å²) >= 11 is 0. The summed E-state index contributed by atoms with van der Waals surface area (Å²) in [6, 6.07) is 8.29. The van der Waals surface area contributed by atoms with Gasteiger partial charge in [0.1, 0.15) is 23.7 Å². The molecule has 4 fully saturated rings. The van der Waals surface area contributed by atoms with Crippen molar-refractivity contribution in [3.05, 3.63) is 47.5 Å². The summed E-state index contributed by atoms with van der Waals surface area (Å²) in [5.41, 5.74) is 5.17. The highest BCUT2D eigenvalue weighted by Gasteiger charge is 2.55. The number of ether oxygens (including phenoxy) is 3. The zero-order valence-corrected chi connectivity index (χ0v) is 23.3. The summed E-state index contributed by atoms with van der Waals surface area (Å²) in [5, 5.41) is 0. The van der Waals surface area contributed by atoms with Gasteiger partial charge >= 0.3 is 5.97 Å². The van der Waals surface area contributed by atoms with Crippen LogP contribution in [0.1, 0.15) is 75.0 Å². The molecule has 2 saturated carbocycles. The third kappa shape index (κ3) is 3.05. The molecule has 0 N–H and O–H groups in total. The largest absolute Gasteiger partial charge is 0.486 e. The molecule has 2 saturated heterocycles. The first-order valence-corrected chi connectivity index (χ1v) is 15.7. The van der Waals surface area contributed by atoms with Crippen molar-refractivity contribution in [2.45, 2.75) is 88.2 Å². The van der Waals surface area contributed by atoms with E-state index in [9.17, 15) is 14.4 Å². The molecule has 10 rings (SSSR count). The summed E-state index contributed by atoms with van der Waals surface area (Å²) in [6.45, 7) is 0. The van der Waals surface area contributed by atoms with E-state index in [-0.39, 0.29) is 48.0 Å². The van der Waals surface area contributed by atoms with Crippen molar-refractivity contribution in [3.63, 3.8) is 0 Å². The average Bonchev–Trinajstić information content (AvgIpc) is 3.82. The van der Waals surface area contributed by atoms with Crippen molar-refractivity contribution in [1.29, 1.82) is 0 Å². The molecule has 0 aromatic heterocycles. The Bertz CT molecular complexity index is 1550. The number of hydrogen-bond acceptors (Lipinski definition) is 6. The SMILES string of the molecule is O=C(CC1C=CCC1)OC1c2cc3c(cc2-c2cc4c(cc21)N1C(=O)C[C@H]2CC[C@@H](O4)[C@H]21)O[C@H]1CC[C@H]2CC(=O)N3[C@H]21. The lowest BCUT2D eigenvalue weighted by Gasteiger charge is -2.37. The summed E-state index contributed by atoms with van der Waals surface area (Å²) in [7, 11) is 0. The monoisotopic (exact) mass is 564 g/mol. The second kappa shape index (κ2) is 8.17. The van der Waals surface area contributed by atoms with E-state index < -0.39 is 6.10 Å². The zero-order chi connectivity index (χ0) is 27.9. The van der Waals surface area contributed by atoms with Gasteiger partial charge in [0.05, 0.1) is 29.9 Å². The Morgan fingerprint density at radius 2 is 1.36 bits per heavy atom. The molecule has 2 unspecified atom stereocenters. The molecular formula is C34H32N2O6. The van der Waals surface area contributed by atoms with Gasteiger partial charge < -0.3 is 24.0 Å². The third-order valence-corrected chi connectivity index (χ3v) is 11.4. The molecule has 0 spiro atoms. The second-order valence-electron chi connectivity index (χ2n) is 13.6. The van der Waals surface area contributed by atoms with E-state index in [1.165, 1.54) is 0 Å². The topological polar surface area (TPSA) is 85.4 Å². The van der Waals surface area contributed by atoms with Crippen LogP contribution in [0.5, 0.6) is 11.5 Å². The first kappa shape index (κ1) is 23.7. The molecule has 42 heavy (non-hydrogen) atoms. The summed E-state index contributed by atoms with van der Waals surface area (Å²) in [6.07, 6.45) is 11.0. The van der Waals surface area contributed by atoms with E-state index in [0.29, 0.717) is 42.6 Å². The van der Waals surface area contributed by atoms with Gasteiger partial charge in [0.15, 0.2) is 6.10 Å². The summed E-state index contributed by atoms with van der Waals surface area (Å²) in [4.78, 5) is 43.8. The lowest BCUT2D eigenvalue weighted by molar-refractivity contribution is -0.148. The van der Waals surface area contributed by atoms with Gasteiger partial charge in [0.25, 0.3) is 0 Å². The van der Waals surface area contributed by atoms with Gasteiger partial charge in [0.2, 0.25) is 11.8 Å². The van der Waals surface area contributed by atoms with Crippen molar-refractivity contribution in [1.82, 2.24) is 0 Å². The Morgan fingerprint density at radius 3 is 1.88 bits per heavy atom. The highest BCUT2D eigenvalue weighted by molar-refractivity contribution is 6.02. The van der Waals surface area contributed by atoms with Crippen molar-refractivity contribution in [2.24, 2.45) is 17.8 Å². The second-order valence-corrected chi connectivity index (χ2v) is 13.6. The number of carbonyl (C=O) groups is 3. The highest BCUT2D eigenvalue weighted by Crippen LogP contribution is 2.58. The van der Waals surface area contributed by atoms with E-state index in [1.807, 2.05) is 34.1 Å². The van der Waals surface area contributed by atoms with Crippen LogP contribution >= 0.6 is 0 Å². The van der Waals surface area contributed by atoms with Crippen molar-refractivity contribution in [2.75, 3.05) is 9.80 Å². The van der Waals surface area contributed by atoms with Crippen LogP contribution in [0.3, 0.4) is 0 Å². The Morgan fingerprint density at radius 1 is 0.786 bits per heavy atom. The Kier molecular flexibility index (Phi) is 4.62. The van der Waals surface area contributed by atoms with E-state index >= 15 is 0 Å². The summed E-state index contributed by atoms with van der Waals surface area (Å²) in [5.74, 6) is 2.35. The standard InChI is InChI=1S/C34H32N2O6/c37-29-10-17-5-7-25-32(17)35(29)23-12-21-19(14-27(23)40-25)20-15-28-24(36-30(38)11-18-6-8-26(41-28)33(18)36)13-22(20)34(21)42-31(39)9-16-3-1-2-4-16/h1,3,12-18,25-26,32-34H,2,4-11H2/t16?,17-,18+,25-,26+,32+,33-,34?. The fraction of sp³-hybridized carbons (Fsp3) is 0.500. The Hall–Kier alpha value is -3.81. The maximum atomic E-state index is 13.4. The number of benzene rings is 2. The number of amides is 2. The first-order valence-electron chi connectivity index (χ1n) is 15.7. The minimum absolute atomic E-state index is 0.0151. The molecule has 4 aliphatic heterocycles. The molecule has 0 radical (unpaired) electrons. The molecule has 4 aliphatic carbocycles. The molecule has 2 aromatic carbocycles. The molecule has 2 amide bonds. The van der Waals surface area contributed by atoms with Crippen LogP contribution in [-0.2, 0) is 19.1 Å². The zero-order valence-electron chi connectivity index (χ0n) is 23.3. The minimum Gasteiger partial charge on any atom is -0.486 e. The number of fused-ring (bicyclic) bond motifs is 7. The molecular weight excluding hydrogens is 532 g/mol. The van der Waals surface area contributed by atoms with Gasteiger partial charge in [-0.2, -0.15) is 0 Å². The Labute approximate surface area is 243 Å². The predicted octanol–water partition coefficient (Wildman–Crippen LogP) is 5.21. The van der Waals surface area contributed by atoms with Crippen LogP contribution in [0, 0.1) is 17.8 Å². The lowest BCUT2D eigenvalue weighted by Crippen LogP contribution is -2.46. The van der Waals surface area contributed by atoms with Crippen molar-refractivity contribution < 1.29 is 28.6 Å². The number of carbonyl (C=O) groups excluding carboxylic acids is 3. The fourth-order valence-electron chi connectivity index (χ4n) is 9.59. The highest BCUT2D eigenvalue weighted by atomic mass is 16.5. The van der Waals surface area contributed by atoms with Crippen LogP contribution in [0.15, 0.2) is 36.4 Å². The molecule has 4 heterocycles. The lowest BCUT2D eigenvalue weighted by atomic mass is 9.99. The molecule has 8 aliphatic rings. The molecule has 8 atom stereocenters. The fourth-order valence-corrected chi connectivity index (χ4v) is 9.59. The average molecular weight is 565 g/mol. The molecule has 2 aromatic rings. The van der Waals surface area contributed by atoms with Gasteiger partial charge in [0, 0.05) is 24.0 Å². The van der Waals surface area contributed by atoms with Crippen LogP contribution in [0.4, 0.5) is 11.4 Å². The Balaban J connectivity index is 1.11. The van der Waals surface area contributed by atoms with E-state index in [2.05, 4.69) is 12.2 Å². The van der Waals surface area contributed by atoms with Gasteiger partial charge in [-0.3, -0.25) is 14.4 Å². The van der Waals surface area contributed by atoms with Crippen molar-refractivity contribution >= 4 is 29.2 Å². The maximum Gasteiger partial charge on any atom is 0.307 e. The number of nitrogens with zero attached hydrogens (tertiary/aromatic N) is 2. The molecule has 8 heteroatoms. The van der Waals surface area contributed by atoms with E-state index in [4.69, 9.17) is 14.2 Å². The molecule has 8 nitrogen and oxygen atoms in total. The smallest absolute Gasteiger partial charge is 0.307 e. The number of hydrogen-bond donors (Lipinski definition) is 0. The number of allylic oxidation sites excluding steroid dienone is 2. The van der Waals surface area contributed by atoms with Crippen LogP contribution in [-0.4, -0.2) is 42.1 Å². The van der Waals surface area contributed by atoms with Gasteiger partial charge in [-0.15, -0.1) is 0 Å². The maximum absolute atomic E-state index is 13.4. The minimum atomic E-state index is -0.631. The normalized spacial score (nSPS) is 35.3. The van der Waals surface area contributed by atoms with Gasteiger partial charge in [-0.1, -0.05) is 12.2 Å². The van der Waals surface area contributed by atoms with Gasteiger partial charge in [-0.05, 0) is 91.7 Å². The van der Waals surface area contributed by atoms with E-state index in [1.54, 1.807) is 0 Å². The van der Waals surface area contributed by atoms with Crippen molar-refractivity contribution in [3.8, 4) is 22.6 Å². The van der Waals surface area contributed by atoms with Crippen LogP contribution in [0.2, 0.25) is 0 Å². The molecule has 214 valence electrons. The quantitative estimate of drug-likeness (QED) is 0.376. The summed E-state index contributed by atoms with van der Waals surface area (Å²) < 4.78 is 19.5. The third-order valence-electron chi connectivity index (χ3n) is 11.4. The van der Waals surface area contributed by atoms with Crippen LogP contribution < -0.4 is 19.3 Å².